The first-order chi connectivity index (χ1) is 5.97. The van der Waals surface area contributed by atoms with Gasteiger partial charge in [-0.1, -0.05) is 0 Å². The topological polar surface area (TPSA) is 63.5 Å². The Kier molecular flexibility index (Phi) is 2.92. The lowest BCUT2D eigenvalue weighted by Crippen LogP contribution is -2.20. The molecule has 6 heteroatoms. The number of carbonyl (C=O) groups excluding carboxylic acids is 1. The number of carbonyl (C=O) groups is 1. The summed E-state index contributed by atoms with van der Waals surface area (Å²) in [6.45, 7) is 2.40. The van der Waals surface area contributed by atoms with Crippen LogP contribution in [0.1, 0.15) is 13.3 Å². The number of rotatable bonds is 4. The molecule has 13 heavy (non-hydrogen) atoms. The fourth-order valence-corrected chi connectivity index (χ4v) is 2.68. The molecule has 0 aromatic rings. The van der Waals surface area contributed by atoms with Crippen LogP contribution in [-0.2, 0) is 19.6 Å². The molecule has 1 fully saturated rings. The first-order valence-electron chi connectivity index (χ1n) is 4.03. The predicted octanol–water partition coefficient (Wildman–Crippen LogP) is -0.417. The van der Waals surface area contributed by atoms with E-state index in [-0.39, 0.29) is 18.2 Å². The maximum absolute atomic E-state index is 11.3. The summed E-state index contributed by atoms with van der Waals surface area (Å²) in [5.74, 6) is -0.637. The minimum atomic E-state index is -3.21. The van der Waals surface area contributed by atoms with Crippen LogP contribution in [0.15, 0.2) is 0 Å². The molecule has 1 unspecified atom stereocenters. The van der Waals surface area contributed by atoms with E-state index in [0.29, 0.717) is 6.54 Å². The minimum absolute atomic E-state index is 0.0674. The normalized spacial score (nSPS) is 26.9. The number of hydrogen-bond donors (Lipinski definition) is 0. The van der Waals surface area contributed by atoms with E-state index in [9.17, 15) is 13.2 Å². The Hall–Kier alpha value is -0.620. The lowest BCUT2D eigenvalue weighted by Gasteiger charge is -2.03. The molecular weight excluding hydrogens is 194 g/mol. The van der Waals surface area contributed by atoms with Crippen molar-refractivity contribution in [3.63, 3.8) is 0 Å². The van der Waals surface area contributed by atoms with Crippen molar-refractivity contribution in [3.8, 4) is 0 Å². The van der Waals surface area contributed by atoms with E-state index in [1.165, 1.54) is 11.4 Å². The smallest absolute Gasteiger partial charge is 0.306 e. The van der Waals surface area contributed by atoms with Gasteiger partial charge in [-0.25, -0.2) is 8.42 Å². The molecule has 1 heterocycles. The van der Waals surface area contributed by atoms with Gasteiger partial charge in [0.05, 0.1) is 19.3 Å². The maximum Gasteiger partial charge on any atom is 0.306 e. The molecular formula is C7H13NO4S. The Morgan fingerprint density at radius 1 is 1.62 bits per heavy atom. The van der Waals surface area contributed by atoms with Crippen LogP contribution in [0.2, 0.25) is 0 Å². The molecule has 1 rings (SSSR count). The average molecular weight is 207 g/mol. The third-order valence-corrected chi connectivity index (χ3v) is 3.89. The summed E-state index contributed by atoms with van der Waals surface area (Å²) in [7, 11) is -1.96. The molecule has 0 aromatic carbocycles. The van der Waals surface area contributed by atoms with Crippen LogP contribution in [0.4, 0.5) is 0 Å². The number of sulfonamides is 1. The number of esters is 1. The number of methoxy groups -OCH3 is 1. The van der Waals surface area contributed by atoms with Gasteiger partial charge in [0.25, 0.3) is 0 Å². The van der Waals surface area contributed by atoms with Crippen LogP contribution in [0, 0.1) is 0 Å². The molecule has 1 aliphatic heterocycles. The zero-order valence-corrected chi connectivity index (χ0v) is 8.50. The Labute approximate surface area is 77.7 Å². The van der Waals surface area contributed by atoms with E-state index in [1.807, 2.05) is 6.92 Å². The number of ether oxygens (including phenoxy) is 1. The summed E-state index contributed by atoms with van der Waals surface area (Å²) in [4.78, 5) is 10.7. The van der Waals surface area contributed by atoms with E-state index in [4.69, 9.17) is 0 Å². The molecule has 1 aliphatic rings. The van der Waals surface area contributed by atoms with E-state index in [2.05, 4.69) is 4.74 Å². The largest absolute Gasteiger partial charge is 0.469 e. The molecule has 0 N–H and O–H groups in total. The summed E-state index contributed by atoms with van der Waals surface area (Å²) in [6, 6.07) is 0.0997. The summed E-state index contributed by atoms with van der Waals surface area (Å²) >= 11 is 0. The summed E-state index contributed by atoms with van der Waals surface area (Å²) in [5.41, 5.74) is 0. The molecule has 0 saturated carbocycles. The van der Waals surface area contributed by atoms with Crippen molar-refractivity contribution in [2.75, 3.05) is 19.4 Å². The van der Waals surface area contributed by atoms with Crippen molar-refractivity contribution in [1.29, 1.82) is 0 Å². The van der Waals surface area contributed by atoms with Gasteiger partial charge >= 0.3 is 5.97 Å². The van der Waals surface area contributed by atoms with E-state index >= 15 is 0 Å². The highest BCUT2D eigenvalue weighted by Crippen LogP contribution is 2.22. The first-order valence-corrected chi connectivity index (χ1v) is 5.64. The van der Waals surface area contributed by atoms with Crippen LogP contribution in [0.5, 0.6) is 0 Å². The zero-order chi connectivity index (χ0) is 10.1. The van der Waals surface area contributed by atoms with E-state index < -0.39 is 16.0 Å². The summed E-state index contributed by atoms with van der Waals surface area (Å²) in [6.07, 6.45) is -0.0674. The second-order valence-electron chi connectivity index (χ2n) is 3.06. The van der Waals surface area contributed by atoms with Crippen molar-refractivity contribution in [3.05, 3.63) is 0 Å². The highest BCUT2D eigenvalue weighted by Gasteiger charge is 2.39. The van der Waals surface area contributed by atoms with Gasteiger partial charge in [0.1, 0.15) is 0 Å². The fraction of sp³-hybridized carbons (Fsp3) is 0.857. The quantitative estimate of drug-likeness (QED) is 0.464. The third-order valence-electron chi connectivity index (χ3n) is 1.95. The van der Waals surface area contributed by atoms with Gasteiger partial charge in [-0.15, -0.1) is 0 Å². The van der Waals surface area contributed by atoms with E-state index in [0.717, 1.165) is 0 Å². The summed E-state index contributed by atoms with van der Waals surface area (Å²) < 4.78 is 28.4. The van der Waals surface area contributed by atoms with Gasteiger partial charge in [-0.3, -0.25) is 4.79 Å². The molecule has 0 aromatic heterocycles. The fourth-order valence-electron chi connectivity index (χ4n) is 1.03. The average Bonchev–Trinajstić information content (AvgIpc) is 2.79. The lowest BCUT2D eigenvalue weighted by molar-refractivity contribution is -0.140. The molecule has 5 nitrogen and oxygen atoms in total. The van der Waals surface area contributed by atoms with Crippen molar-refractivity contribution < 1.29 is 17.9 Å². The summed E-state index contributed by atoms with van der Waals surface area (Å²) in [5, 5.41) is 0. The highest BCUT2D eigenvalue weighted by molar-refractivity contribution is 7.89. The third kappa shape index (κ3) is 2.67. The maximum atomic E-state index is 11.3. The van der Waals surface area contributed by atoms with Crippen molar-refractivity contribution in [2.45, 2.75) is 19.4 Å². The van der Waals surface area contributed by atoms with Gasteiger partial charge in [0, 0.05) is 12.6 Å². The van der Waals surface area contributed by atoms with Crippen molar-refractivity contribution in [1.82, 2.24) is 4.31 Å². The van der Waals surface area contributed by atoms with Gasteiger partial charge in [0.2, 0.25) is 10.0 Å². The number of hydrogen-bond acceptors (Lipinski definition) is 4. The zero-order valence-electron chi connectivity index (χ0n) is 7.69. The Bertz CT molecular complexity index is 298. The molecule has 0 bridgehead atoms. The van der Waals surface area contributed by atoms with Gasteiger partial charge < -0.3 is 4.74 Å². The SMILES string of the molecule is COC(=O)CCS(=O)(=O)N1C[C@@H]1C. The second kappa shape index (κ2) is 3.63. The minimum Gasteiger partial charge on any atom is -0.469 e. The Morgan fingerprint density at radius 2 is 2.15 bits per heavy atom. The molecule has 0 amide bonds. The monoisotopic (exact) mass is 207 g/mol. The molecule has 2 atom stereocenters. The van der Waals surface area contributed by atoms with Crippen molar-refractivity contribution in [2.24, 2.45) is 0 Å². The van der Waals surface area contributed by atoms with Crippen LogP contribution in [0.25, 0.3) is 0 Å². The second-order valence-corrected chi connectivity index (χ2v) is 5.10. The van der Waals surface area contributed by atoms with Gasteiger partial charge in [0.15, 0.2) is 0 Å². The van der Waals surface area contributed by atoms with Gasteiger partial charge in [-0.05, 0) is 6.92 Å². The molecule has 76 valence electrons. The lowest BCUT2D eigenvalue weighted by atomic mass is 10.5. The standard InChI is InChI=1S/C7H13NO4S/c1-6-5-8(6)13(10,11)4-3-7(9)12-2/h6H,3-5H2,1-2H3/t6-,8?/m0/s1. The predicted molar refractivity (Wildman–Crippen MR) is 46.6 cm³/mol. The Morgan fingerprint density at radius 3 is 2.54 bits per heavy atom. The van der Waals surface area contributed by atoms with Crippen LogP contribution in [0.3, 0.4) is 0 Å². The van der Waals surface area contributed by atoms with Crippen LogP contribution >= 0.6 is 0 Å². The molecule has 0 radical (unpaired) electrons. The van der Waals surface area contributed by atoms with Crippen LogP contribution < -0.4 is 0 Å². The molecule has 0 spiro atoms. The number of nitrogens with zero attached hydrogens (tertiary/aromatic N) is 1. The highest BCUT2D eigenvalue weighted by atomic mass is 32.2. The van der Waals surface area contributed by atoms with Gasteiger partial charge in [-0.2, -0.15) is 4.31 Å². The Balaban J connectivity index is 2.40. The molecule has 0 aliphatic carbocycles. The van der Waals surface area contributed by atoms with E-state index in [1.54, 1.807) is 0 Å². The van der Waals surface area contributed by atoms with Crippen LogP contribution in [-0.4, -0.2) is 44.1 Å². The van der Waals surface area contributed by atoms with Crippen molar-refractivity contribution >= 4 is 16.0 Å². The first kappa shape index (κ1) is 10.5. The molecule has 1 saturated heterocycles.